The summed E-state index contributed by atoms with van der Waals surface area (Å²) in [5, 5.41) is 12.9. The fourth-order valence-electron chi connectivity index (χ4n) is 2.94. The Morgan fingerprint density at radius 2 is 2.08 bits per heavy atom. The number of benzene rings is 2. The van der Waals surface area contributed by atoms with Crippen molar-refractivity contribution in [3.63, 3.8) is 0 Å². The number of nitrogens with zero attached hydrogens (tertiary/aromatic N) is 2. The molecule has 0 spiro atoms. The first kappa shape index (κ1) is 15.5. The van der Waals surface area contributed by atoms with Crippen LogP contribution in [0, 0.1) is 11.3 Å². The number of aryl methyl sites for hydroxylation is 1. The Bertz CT molecular complexity index is 1020. The Hall–Kier alpha value is -3.04. The highest BCUT2D eigenvalue weighted by Crippen LogP contribution is 2.31. The number of amides is 1. The molecule has 0 saturated heterocycles. The minimum atomic E-state index is -0.923. The Morgan fingerprint density at radius 1 is 1.24 bits per heavy atom. The minimum absolute atomic E-state index is 0.0176. The standard InChI is InChI=1S/C19H13N3O2S/c20-10-13(19-22-15-3-1-2-4-16(15)25-19)18(24)12-5-7-14-11(9-12)6-8-17(23)21-14/h1-5,7,9,13H,6,8H2,(H,21,23)/t13-/m0/s1. The number of carbonyl (C=O) groups excluding carboxylic acids is 2. The van der Waals surface area contributed by atoms with Crippen molar-refractivity contribution in [2.24, 2.45) is 0 Å². The van der Waals surface area contributed by atoms with Gasteiger partial charge in [-0.05, 0) is 42.3 Å². The quantitative estimate of drug-likeness (QED) is 0.733. The van der Waals surface area contributed by atoms with E-state index in [0.29, 0.717) is 23.4 Å². The van der Waals surface area contributed by atoms with Crippen LogP contribution in [0.2, 0.25) is 0 Å². The lowest BCUT2D eigenvalue weighted by molar-refractivity contribution is -0.116. The molecule has 6 heteroatoms. The molecule has 25 heavy (non-hydrogen) atoms. The van der Waals surface area contributed by atoms with E-state index in [-0.39, 0.29) is 11.7 Å². The van der Waals surface area contributed by atoms with E-state index in [2.05, 4.69) is 16.4 Å². The monoisotopic (exact) mass is 347 g/mol. The minimum Gasteiger partial charge on any atom is -0.326 e. The Morgan fingerprint density at radius 3 is 2.88 bits per heavy atom. The lowest BCUT2D eigenvalue weighted by Crippen LogP contribution is -2.20. The van der Waals surface area contributed by atoms with Crippen LogP contribution < -0.4 is 5.32 Å². The van der Waals surface area contributed by atoms with Crippen molar-refractivity contribution in [1.82, 2.24) is 4.98 Å². The van der Waals surface area contributed by atoms with Gasteiger partial charge in [-0.2, -0.15) is 5.26 Å². The maximum atomic E-state index is 12.9. The van der Waals surface area contributed by atoms with Gasteiger partial charge in [0, 0.05) is 17.7 Å². The number of nitrogens with one attached hydrogen (secondary N) is 1. The number of hydrogen-bond acceptors (Lipinski definition) is 5. The highest BCUT2D eigenvalue weighted by molar-refractivity contribution is 7.18. The topological polar surface area (TPSA) is 82.8 Å². The third-order valence-electron chi connectivity index (χ3n) is 4.23. The molecule has 1 amide bonds. The second kappa shape index (κ2) is 6.11. The first-order chi connectivity index (χ1) is 12.2. The predicted octanol–water partition coefficient (Wildman–Crippen LogP) is 3.67. The Kier molecular flexibility index (Phi) is 3.79. The van der Waals surface area contributed by atoms with Gasteiger partial charge in [0.1, 0.15) is 5.01 Å². The lowest BCUT2D eigenvalue weighted by atomic mass is 9.94. The summed E-state index contributed by atoms with van der Waals surface area (Å²) in [4.78, 5) is 28.7. The lowest BCUT2D eigenvalue weighted by Gasteiger charge is -2.17. The summed E-state index contributed by atoms with van der Waals surface area (Å²) in [7, 11) is 0. The molecule has 5 nitrogen and oxygen atoms in total. The van der Waals surface area contributed by atoms with Crippen molar-refractivity contribution in [1.29, 1.82) is 5.26 Å². The van der Waals surface area contributed by atoms with Crippen LogP contribution >= 0.6 is 11.3 Å². The normalized spacial score (nSPS) is 14.4. The molecule has 3 aromatic rings. The number of fused-ring (bicyclic) bond motifs is 2. The van der Waals surface area contributed by atoms with Gasteiger partial charge < -0.3 is 5.32 Å². The molecule has 1 aromatic heterocycles. The van der Waals surface area contributed by atoms with Crippen LogP contribution in [0.1, 0.15) is 33.3 Å². The molecular weight excluding hydrogens is 334 g/mol. The number of carbonyl (C=O) groups is 2. The second-order valence-corrected chi connectivity index (χ2v) is 6.93. The molecule has 1 N–H and O–H groups in total. The maximum Gasteiger partial charge on any atom is 0.224 e. The molecule has 0 fully saturated rings. The molecule has 0 aliphatic carbocycles. The highest BCUT2D eigenvalue weighted by Gasteiger charge is 2.26. The molecule has 0 bridgehead atoms. The average Bonchev–Trinajstić information content (AvgIpc) is 3.05. The van der Waals surface area contributed by atoms with Gasteiger partial charge >= 0.3 is 0 Å². The molecule has 1 aliphatic rings. The van der Waals surface area contributed by atoms with Crippen LogP contribution in [0.15, 0.2) is 42.5 Å². The summed E-state index contributed by atoms with van der Waals surface area (Å²) >= 11 is 1.37. The van der Waals surface area contributed by atoms with Crippen molar-refractivity contribution in [2.75, 3.05) is 5.32 Å². The first-order valence-electron chi connectivity index (χ1n) is 7.88. The summed E-state index contributed by atoms with van der Waals surface area (Å²) in [6.07, 6.45) is 1.00. The molecule has 1 aliphatic heterocycles. The predicted molar refractivity (Wildman–Crippen MR) is 95.7 cm³/mol. The molecule has 4 rings (SSSR count). The average molecular weight is 347 g/mol. The van der Waals surface area contributed by atoms with Gasteiger partial charge in [0.15, 0.2) is 11.7 Å². The van der Waals surface area contributed by atoms with E-state index in [9.17, 15) is 14.9 Å². The number of para-hydroxylation sites is 1. The van der Waals surface area contributed by atoms with Crippen LogP contribution in [0.4, 0.5) is 5.69 Å². The van der Waals surface area contributed by atoms with Gasteiger partial charge in [-0.3, -0.25) is 9.59 Å². The fraction of sp³-hybridized carbons (Fsp3) is 0.158. The summed E-state index contributed by atoms with van der Waals surface area (Å²) in [5.41, 5.74) is 2.93. The fourth-order valence-corrected chi connectivity index (χ4v) is 3.95. The van der Waals surface area contributed by atoms with Gasteiger partial charge in [0.05, 0.1) is 16.3 Å². The molecule has 0 unspecified atom stereocenters. The van der Waals surface area contributed by atoms with Crippen molar-refractivity contribution < 1.29 is 9.59 Å². The number of rotatable bonds is 3. The summed E-state index contributed by atoms with van der Waals surface area (Å²) in [5.74, 6) is -1.20. The van der Waals surface area contributed by atoms with E-state index in [1.807, 2.05) is 24.3 Å². The number of nitriles is 1. The molecule has 0 radical (unpaired) electrons. The number of ketones is 1. The zero-order valence-electron chi connectivity index (χ0n) is 13.2. The Balaban J connectivity index is 1.69. The summed E-state index contributed by atoms with van der Waals surface area (Å²) < 4.78 is 0.957. The van der Waals surface area contributed by atoms with Crippen LogP contribution in [0.25, 0.3) is 10.2 Å². The molecule has 0 saturated carbocycles. The van der Waals surface area contributed by atoms with E-state index in [1.54, 1.807) is 18.2 Å². The summed E-state index contributed by atoms with van der Waals surface area (Å²) in [6.45, 7) is 0. The van der Waals surface area contributed by atoms with Crippen LogP contribution in [-0.2, 0) is 11.2 Å². The van der Waals surface area contributed by atoms with Gasteiger partial charge in [-0.15, -0.1) is 11.3 Å². The smallest absolute Gasteiger partial charge is 0.224 e. The molecule has 1 atom stereocenters. The summed E-state index contributed by atoms with van der Waals surface area (Å²) in [6, 6.07) is 14.8. The van der Waals surface area contributed by atoms with E-state index >= 15 is 0 Å². The number of Topliss-reactive ketones (excluding diaryl/α,β-unsaturated/α-hetero) is 1. The van der Waals surface area contributed by atoms with Gasteiger partial charge in [-0.1, -0.05) is 12.1 Å². The van der Waals surface area contributed by atoms with Crippen molar-refractivity contribution in [2.45, 2.75) is 18.8 Å². The third-order valence-corrected chi connectivity index (χ3v) is 5.34. The third kappa shape index (κ3) is 2.79. The van der Waals surface area contributed by atoms with Crippen molar-refractivity contribution in [3.05, 3.63) is 58.6 Å². The SMILES string of the molecule is N#C[C@@H](C(=O)c1ccc2c(c1)CCC(=O)N2)c1nc2ccccc2s1. The maximum absolute atomic E-state index is 12.9. The van der Waals surface area contributed by atoms with E-state index < -0.39 is 5.92 Å². The molecule has 2 aromatic carbocycles. The van der Waals surface area contributed by atoms with Crippen LogP contribution in [0.3, 0.4) is 0 Å². The zero-order valence-corrected chi connectivity index (χ0v) is 14.0. The van der Waals surface area contributed by atoms with Crippen molar-refractivity contribution >= 4 is 38.9 Å². The molecule has 2 heterocycles. The number of thiazole rings is 1. The van der Waals surface area contributed by atoms with E-state index in [0.717, 1.165) is 21.5 Å². The largest absolute Gasteiger partial charge is 0.326 e. The van der Waals surface area contributed by atoms with Crippen molar-refractivity contribution in [3.8, 4) is 6.07 Å². The number of hydrogen-bond donors (Lipinski definition) is 1. The zero-order chi connectivity index (χ0) is 17.4. The van der Waals surface area contributed by atoms with E-state index in [4.69, 9.17) is 0 Å². The molecular formula is C19H13N3O2S. The van der Waals surface area contributed by atoms with Crippen LogP contribution in [-0.4, -0.2) is 16.7 Å². The van der Waals surface area contributed by atoms with Gasteiger partial charge in [0.2, 0.25) is 5.91 Å². The van der Waals surface area contributed by atoms with Crippen LogP contribution in [0.5, 0.6) is 0 Å². The Labute approximate surface area is 147 Å². The highest BCUT2D eigenvalue weighted by atomic mass is 32.1. The number of aromatic nitrogens is 1. The second-order valence-electron chi connectivity index (χ2n) is 5.87. The van der Waals surface area contributed by atoms with E-state index in [1.165, 1.54) is 11.3 Å². The van der Waals surface area contributed by atoms with Gasteiger partial charge in [-0.25, -0.2) is 4.98 Å². The van der Waals surface area contributed by atoms with Gasteiger partial charge in [0.25, 0.3) is 0 Å². The molecule has 122 valence electrons. The first-order valence-corrected chi connectivity index (χ1v) is 8.69. The number of anilines is 1.